The van der Waals surface area contributed by atoms with Crippen LogP contribution < -0.4 is 10.4 Å². The van der Waals surface area contributed by atoms with E-state index < -0.39 is 23.0 Å². The van der Waals surface area contributed by atoms with Crippen molar-refractivity contribution >= 4 is 21.9 Å². The molecule has 0 saturated heterocycles. The zero-order valence-corrected chi connectivity index (χ0v) is 18.5. The predicted octanol–water partition coefficient (Wildman–Crippen LogP) is 5.20. The molecule has 172 valence electrons. The van der Waals surface area contributed by atoms with Crippen molar-refractivity contribution in [3.63, 3.8) is 0 Å². The number of aryl methyl sites for hydroxylation is 1. The fourth-order valence-electron chi connectivity index (χ4n) is 4.08. The van der Waals surface area contributed by atoms with E-state index in [-0.39, 0.29) is 5.69 Å². The highest BCUT2D eigenvalue weighted by Gasteiger charge is 2.29. The lowest BCUT2D eigenvalue weighted by Crippen LogP contribution is -2.21. The molecule has 0 spiro atoms. The van der Waals surface area contributed by atoms with E-state index in [2.05, 4.69) is 9.97 Å². The predicted molar refractivity (Wildman–Crippen MR) is 123 cm³/mol. The first-order chi connectivity index (χ1) is 16.2. The SMILES string of the molecule is COc1ccc(-c2ccc3ncc4c(c3c2)n(-c2ccc(F)c(C(C)(F)F)c2)c(=O)n4C)cn1. The number of alkyl halides is 2. The largest absolute Gasteiger partial charge is 0.481 e. The number of ether oxygens (including phenoxy) is 1. The van der Waals surface area contributed by atoms with Crippen molar-refractivity contribution in [3.05, 3.63) is 82.8 Å². The van der Waals surface area contributed by atoms with Gasteiger partial charge in [-0.1, -0.05) is 6.07 Å². The van der Waals surface area contributed by atoms with Gasteiger partial charge in [0.2, 0.25) is 5.88 Å². The quantitative estimate of drug-likeness (QED) is 0.367. The minimum absolute atomic E-state index is 0.137. The molecule has 0 N–H and O–H groups in total. The van der Waals surface area contributed by atoms with Crippen molar-refractivity contribution in [1.82, 2.24) is 19.1 Å². The maximum absolute atomic E-state index is 14.2. The van der Waals surface area contributed by atoms with Gasteiger partial charge in [0.15, 0.2) is 0 Å². The maximum atomic E-state index is 14.2. The smallest absolute Gasteiger partial charge is 0.333 e. The minimum Gasteiger partial charge on any atom is -0.481 e. The van der Waals surface area contributed by atoms with Crippen LogP contribution in [-0.4, -0.2) is 26.2 Å². The molecule has 3 aromatic heterocycles. The van der Waals surface area contributed by atoms with Crippen LogP contribution in [0, 0.1) is 5.82 Å². The van der Waals surface area contributed by atoms with Gasteiger partial charge >= 0.3 is 5.69 Å². The van der Waals surface area contributed by atoms with Gasteiger partial charge in [0.25, 0.3) is 5.92 Å². The summed E-state index contributed by atoms with van der Waals surface area (Å²) in [6.45, 7) is 0.621. The van der Waals surface area contributed by atoms with E-state index in [9.17, 15) is 18.0 Å². The maximum Gasteiger partial charge on any atom is 0.333 e. The monoisotopic (exact) mass is 464 g/mol. The number of rotatable bonds is 4. The summed E-state index contributed by atoms with van der Waals surface area (Å²) >= 11 is 0. The van der Waals surface area contributed by atoms with E-state index in [0.29, 0.717) is 34.7 Å². The highest BCUT2D eigenvalue weighted by molar-refractivity contribution is 6.04. The lowest BCUT2D eigenvalue weighted by atomic mass is 10.0. The van der Waals surface area contributed by atoms with E-state index in [4.69, 9.17) is 4.74 Å². The number of benzene rings is 2. The molecule has 34 heavy (non-hydrogen) atoms. The number of hydrogen-bond donors (Lipinski definition) is 0. The molecule has 0 aliphatic rings. The third kappa shape index (κ3) is 3.40. The van der Waals surface area contributed by atoms with E-state index in [1.165, 1.54) is 22.3 Å². The molecule has 9 heteroatoms. The normalized spacial score (nSPS) is 11.9. The van der Waals surface area contributed by atoms with Crippen LogP contribution >= 0.6 is 0 Å². The molecule has 0 unspecified atom stereocenters. The van der Waals surface area contributed by atoms with E-state index in [1.54, 1.807) is 25.5 Å². The molecule has 2 aromatic carbocycles. The van der Waals surface area contributed by atoms with E-state index >= 15 is 0 Å². The van der Waals surface area contributed by atoms with Gasteiger partial charge < -0.3 is 4.74 Å². The lowest BCUT2D eigenvalue weighted by Gasteiger charge is -2.14. The first kappa shape index (κ1) is 21.7. The average molecular weight is 464 g/mol. The van der Waals surface area contributed by atoms with Crippen LogP contribution in [0.2, 0.25) is 0 Å². The fourth-order valence-corrected chi connectivity index (χ4v) is 4.08. The Morgan fingerprint density at radius 2 is 1.74 bits per heavy atom. The molecular weight excluding hydrogens is 445 g/mol. The molecule has 0 aliphatic carbocycles. The van der Waals surface area contributed by atoms with E-state index in [0.717, 1.165) is 23.3 Å². The van der Waals surface area contributed by atoms with Crippen molar-refractivity contribution in [2.75, 3.05) is 7.11 Å². The summed E-state index contributed by atoms with van der Waals surface area (Å²) in [6.07, 6.45) is 3.23. The highest BCUT2D eigenvalue weighted by atomic mass is 19.3. The molecule has 6 nitrogen and oxygen atoms in total. The summed E-state index contributed by atoms with van der Waals surface area (Å²) in [4.78, 5) is 21.9. The first-order valence-corrected chi connectivity index (χ1v) is 10.4. The van der Waals surface area contributed by atoms with Gasteiger partial charge in [0, 0.05) is 37.2 Å². The molecule has 5 rings (SSSR count). The summed E-state index contributed by atoms with van der Waals surface area (Å²) in [6, 6.07) is 12.4. The summed E-state index contributed by atoms with van der Waals surface area (Å²) in [5.41, 5.74) is 2.14. The van der Waals surface area contributed by atoms with Gasteiger partial charge in [-0.25, -0.2) is 22.9 Å². The number of hydrogen-bond acceptors (Lipinski definition) is 4. The van der Waals surface area contributed by atoms with Gasteiger partial charge in [-0.3, -0.25) is 14.1 Å². The van der Waals surface area contributed by atoms with Crippen LogP contribution in [0.1, 0.15) is 12.5 Å². The molecule has 0 bridgehead atoms. The third-order valence-electron chi connectivity index (χ3n) is 5.84. The molecule has 5 aromatic rings. The third-order valence-corrected chi connectivity index (χ3v) is 5.84. The Bertz CT molecular complexity index is 1620. The average Bonchev–Trinajstić information content (AvgIpc) is 3.09. The topological polar surface area (TPSA) is 61.9 Å². The zero-order valence-electron chi connectivity index (χ0n) is 18.5. The number of halogens is 3. The number of methoxy groups -OCH3 is 1. The Morgan fingerprint density at radius 3 is 2.41 bits per heavy atom. The first-order valence-electron chi connectivity index (χ1n) is 10.4. The Hall–Kier alpha value is -4.14. The number of nitrogens with zero attached hydrogens (tertiary/aromatic N) is 4. The standard InChI is InChI=1S/C25H19F3N4O2/c1-25(27,28)18-11-16(6-7-19(18)26)32-23-17-10-14(15-5-9-22(34-3)30-12-15)4-8-20(17)29-13-21(23)31(2)24(32)33/h4-13H,1-3H3. The second-order valence-electron chi connectivity index (χ2n) is 8.04. The van der Waals surface area contributed by atoms with Crippen LogP contribution in [-0.2, 0) is 13.0 Å². The molecule has 0 saturated carbocycles. The summed E-state index contributed by atoms with van der Waals surface area (Å²) in [7, 11) is 3.11. The molecular formula is C25H19F3N4O2. The van der Waals surface area contributed by atoms with Crippen LogP contribution in [0.5, 0.6) is 5.88 Å². The van der Waals surface area contributed by atoms with Gasteiger partial charge in [0.1, 0.15) is 5.82 Å². The number of pyridine rings is 2. The van der Waals surface area contributed by atoms with Gasteiger partial charge in [-0.05, 0) is 42.0 Å². The summed E-state index contributed by atoms with van der Waals surface area (Å²) in [5.74, 6) is -3.97. The Morgan fingerprint density at radius 1 is 0.971 bits per heavy atom. The molecule has 0 aliphatic heterocycles. The van der Waals surface area contributed by atoms with Crippen molar-refractivity contribution in [3.8, 4) is 22.7 Å². The fraction of sp³-hybridized carbons (Fsp3) is 0.160. The second kappa shape index (κ2) is 7.72. The second-order valence-corrected chi connectivity index (χ2v) is 8.04. The molecule has 0 radical (unpaired) electrons. The summed E-state index contributed by atoms with van der Waals surface area (Å²) in [5, 5.41) is 0.637. The number of aromatic nitrogens is 4. The van der Waals surface area contributed by atoms with Gasteiger partial charge in [-0.15, -0.1) is 0 Å². The Kier molecular flexibility index (Phi) is 4.93. The van der Waals surface area contributed by atoms with Crippen LogP contribution in [0.3, 0.4) is 0 Å². The van der Waals surface area contributed by atoms with Crippen molar-refractivity contribution < 1.29 is 17.9 Å². The number of imidazole rings is 1. The van der Waals surface area contributed by atoms with Crippen molar-refractivity contribution in [1.29, 1.82) is 0 Å². The number of fused-ring (bicyclic) bond motifs is 3. The molecule has 0 fully saturated rings. The minimum atomic E-state index is -3.41. The molecule has 0 amide bonds. The highest BCUT2D eigenvalue weighted by Crippen LogP contribution is 2.33. The van der Waals surface area contributed by atoms with Crippen molar-refractivity contribution in [2.45, 2.75) is 12.8 Å². The van der Waals surface area contributed by atoms with Crippen LogP contribution in [0.4, 0.5) is 13.2 Å². The zero-order chi connectivity index (χ0) is 24.2. The Labute approximate surface area is 191 Å². The molecule has 3 heterocycles. The van der Waals surface area contributed by atoms with Gasteiger partial charge in [0.05, 0.1) is 41.1 Å². The summed E-state index contributed by atoms with van der Waals surface area (Å²) < 4.78 is 50.0. The van der Waals surface area contributed by atoms with Gasteiger partial charge in [-0.2, -0.15) is 0 Å². The molecule has 0 atom stereocenters. The van der Waals surface area contributed by atoms with Crippen LogP contribution in [0.25, 0.3) is 38.8 Å². The lowest BCUT2D eigenvalue weighted by molar-refractivity contribution is 0.0137. The Balaban J connectivity index is 1.81. The van der Waals surface area contributed by atoms with Crippen molar-refractivity contribution in [2.24, 2.45) is 7.05 Å². The van der Waals surface area contributed by atoms with Crippen LogP contribution in [0.15, 0.2) is 65.7 Å². The van der Waals surface area contributed by atoms with E-state index in [1.807, 2.05) is 24.3 Å².